The van der Waals surface area contributed by atoms with Gasteiger partial charge in [0.2, 0.25) is 5.79 Å². The second kappa shape index (κ2) is 5.56. The zero-order valence-electron chi connectivity index (χ0n) is 12.4. The minimum absolute atomic E-state index is 0.589. The smallest absolute Gasteiger partial charge is 0.246 e. The van der Waals surface area contributed by atoms with Crippen LogP contribution in [0.4, 0.5) is 5.69 Å². The molecule has 2 aromatic rings. The summed E-state index contributed by atoms with van der Waals surface area (Å²) in [5, 5.41) is 3.34. The van der Waals surface area contributed by atoms with Crippen molar-refractivity contribution < 1.29 is 13.9 Å². The Morgan fingerprint density at radius 3 is 2.62 bits per heavy atom. The van der Waals surface area contributed by atoms with Gasteiger partial charge in [-0.2, -0.15) is 11.8 Å². The van der Waals surface area contributed by atoms with E-state index >= 15 is 0 Å². The van der Waals surface area contributed by atoms with Gasteiger partial charge in [0.25, 0.3) is 0 Å². The topological polar surface area (TPSA) is 43.6 Å². The maximum atomic E-state index is 5.73. The van der Waals surface area contributed by atoms with Gasteiger partial charge in [-0.25, -0.2) is 0 Å². The van der Waals surface area contributed by atoms with Crippen LogP contribution in [-0.2, 0) is 12.3 Å². The van der Waals surface area contributed by atoms with Crippen LogP contribution in [0.15, 0.2) is 34.7 Å². The highest BCUT2D eigenvalue weighted by atomic mass is 32.2. The van der Waals surface area contributed by atoms with Gasteiger partial charge >= 0.3 is 0 Å². The summed E-state index contributed by atoms with van der Waals surface area (Å²) in [6, 6.07) is 9.89. The summed E-state index contributed by atoms with van der Waals surface area (Å²) in [5.74, 6) is 3.80. The van der Waals surface area contributed by atoms with Crippen LogP contribution in [0, 0.1) is 0 Å². The molecule has 3 rings (SSSR count). The van der Waals surface area contributed by atoms with Crippen LogP contribution in [0.5, 0.6) is 11.5 Å². The van der Waals surface area contributed by atoms with Gasteiger partial charge in [0, 0.05) is 25.6 Å². The van der Waals surface area contributed by atoms with Gasteiger partial charge in [-0.15, -0.1) is 0 Å². The molecule has 0 bridgehead atoms. The van der Waals surface area contributed by atoms with Crippen LogP contribution in [-0.4, -0.2) is 12.0 Å². The van der Waals surface area contributed by atoms with Crippen molar-refractivity contribution >= 4 is 17.4 Å². The Balaban J connectivity index is 1.64. The normalized spacial score (nSPS) is 15.2. The summed E-state index contributed by atoms with van der Waals surface area (Å²) in [4.78, 5) is 0. The second-order valence-electron chi connectivity index (χ2n) is 5.42. The summed E-state index contributed by atoms with van der Waals surface area (Å²) in [7, 11) is 0. The maximum absolute atomic E-state index is 5.73. The number of thioether (sulfide) groups is 1. The largest absolute Gasteiger partial charge is 0.463 e. The number of furan rings is 1. The molecular weight excluding hydrogens is 286 g/mol. The van der Waals surface area contributed by atoms with Crippen molar-refractivity contribution in [2.75, 3.05) is 11.6 Å². The fourth-order valence-electron chi connectivity index (χ4n) is 2.26. The van der Waals surface area contributed by atoms with Gasteiger partial charge < -0.3 is 19.2 Å². The number of hydrogen-bond donors (Lipinski definition) is 1. The highest BCUT2D eigenvalue weighted by Crippen LogP contribution is 2.40. The molecular formula is C16H19NO3S. The molecule has 21 heavy (non-hydrogen) atoms. The van der Waals surface area contributed by atoms with Gasteiger partial charge in [0.15, 0.2) is 11.5 Å². The van der Waals surface area contributed by atoms with Crippen molar-refractivity contribution in [3.63, 3.8) is 0 Å². The fourth-order valence-corrected chi connectivity index (χ4v) is 2.70. The predicted molar refractivity (Wildman–Crippen MR) is 85.0 cm³/mol. The highest BCUT2D eigenvalue weighted by Gasteiger charge is 2.31. The highest BCUT2D eigenvalue weighted by molar-refractivity contribution is 7.97. The summed E-state index contributed by atoms with van der Waals surface area (Å²) in [6.07, 6.45) is 2.06. The SMILES string of the molecule is CSCc1ccc(CNc2ccc3c(c2)OC(C)(C)O3)o1. The van der Waals surface area contributed by atoms with E-state index in [9.17, 15) is 0 Å². The van der Waals surface area contributed by atoms with Crippen molar-refractivity contribution in [2.24, 2.45) is 0 Å². The van der Waals surface area contributed by atoms with E-state index in [1.54, 1.807) is 11.8 Å². The van der Waals surface area contributed by atoms with Crippen molar-refractivity contribution in [3.8, 4) is 11.5 Å². The van der Waals surface area contributed by atoms with Crippen LogP contribution >= 0.6 is 11.8 Å². The minimum Gasteiger partial charge on any atom is -0.463 e. The molecule has 0 aliphatic carbocycles. The summed E-state index contributed by atoms with van der Waals surface area (Å²) in [6.45, 7) is 4.45. The van der Waals surface area contributed by atoms with E-state index in [-0.39, 0.29) is 0 Å². The molecule has 0 saturated carbocycles. The van der Waals surface area contributed by atoms with Crippen molar-refractivity contribution in [1.29, 1.82) is 0 Å². The van der Waals surface area contributed by atoms with E-state index in [4.69, 9.17) is 13.9 Å². The standard InChI is InChI=1S/C16H19NO3S/c1-16(2)19-14-7-4-11(8-15(14)20-16)17-9-12-5-6-13(18-12)10-21-3/h4-8,17H,9-10H2,1-3H3. The average molecular weight is 305 g/mol. The van der Waals surface area contributed by atoms with Gasteiger partial charge in [-0.3, -0.25) is 0 Å². The minimum atomic E-state index is -0.589. The monoisotopic (exact) mass is 305 g/mol. The quantitative estimate of drug-likeness (QED) is 0.894. The number of anilines is 1. The van der Waals surface area contributed by atoms with Crippen LogP contribution in [0.3, 0.4) is 0 Å². The molecule has 0 amide bonds. The third kappa shape index (κ3) is 3.29. The fraction of sp³-hybridized carbons (Fsp3) is 0.375. The Morgan fingerprint density at radius 2 is 1.81 bits per heavy atom. The van der Waals surface area contributed by atoms with Crippen molar-refractivity contribution in [1.82, 2.24) is 0 Å². The number of benzene rings is 1. The lowest BCUT2D eigenvalue weighted by Crippen LogP contribution is -2.29. The van der Waals surface area contributed by atoms with E-state index in [1.165, 1.54) is 0 Å². The van der Waals surface area contributed by atoms with Gasteiger partial charge in [0.1, 0.15) is 11.5 Å². The lowest BCUT2D eigenvalue weighted by Gasteiger charge is -2.16. The van der Waals surface area contributed by atoms with Gasteiger partial charge in [-0.1, -0.05) is 0 Å². The number of nitrogens with one attached hydrogen (secondary N) is 1. The van der Waals surface area contributed by atoms with E-state index in [0.717, 1.165) is 34.5 Å². The van der Waals surface area contributed by atoms with Crippen molar-refractivity contribution in [3.05, 3.63) is 41.9 Å². The molecule has 112 valence electrons. The molecule has 2 heterocycles. The molecule has 0 radical (unpaired) electrons. The molecule has 1 aromatic heterocycles. The number of fused-ring (bicyclic) bond motifs is 1. The molecule has 0 saturated heterocycles. The molecule has 1 aliphatic heterocycles. The van der Waals surface area contributed by atoms with Crippen LogP contribution < -0.4 is 14.8 Å². The first-order chi connectivity index (χ1) is 10.1. The molecule has 0 spiro atoms. The molecule has 1 aliphatic rings. The summed E-state index contributed by atoms with van der Waals surface area (Å²) in [5.41, 5.74) is 0.984. The molecule has 0 unspecified atom stereocenters. The zero-order chi connectivity index (χ0) is 14.9. The average Bonchev–Trinajstić information content (AvgIpc) is 2.98. The Bertz CT molecular complexity index is 636. The molecule has 4 nitrogen and oxygen atoms in total. The maximum Gasteiger partial charge on any atom is 0.246 e. The molecule has 1 aromatic carbocycles. The number of ether oxygens (including phenoxy) is 2. The summed E-state index contributed by atoms with van der Waals surface area (Å²) >= 11 is 1.75. The molecule has 5 heteroatoms. The first kappa shape index (κ1) is 14.2. The van der Waals surface area contributed by atoms with Gasteiger partial charge in [-0.05, 0) is 30.5 Å². The van der Waals surface area contributed by atoms with E-state index in [1.807, 2.05) is 44.2 Å². The molecule has 1 N–H and O–H groups in total. The Hall–Kier alpha value is -1.75. The van der Waals surface area contributed by atoms with Crippen LogP contribution in [0.2, 0.25) is 0 Å². The summed E-state index contributed by atoms with van der Waals surface area (Å²) < 4.78 is 17.1. The first-order valence-corrected chi connectivity index (χ1v) is 8.27. The Labute approximate surface area is 128 Å². The number of rotatable bonds is 5. The van der Waals surface area contributed by atoms with Gasteiger partial charge in [0.05, 0.1) is 12.3 Å². The van der Waals surface area contributed by atoms with E-state index < -0.39 is 5.79 Å². The lowest BCUT2D eigenvalue weighted by atomic mass is 10.2. The van der Waals surface area contributed by atoms with Crippen LogP contribution in [0.25, 0.3) is 0 Å². The third-order valence-corrected chi connectivity index (χ3v) is 3.70. The van der Waals surface area contributed by atoms with E-state index in [0.29, 0.717) is 6.54 Å². The van der Waals surface area contributed by atoms with Crippen LogP contribution in [0.1, 0.15) is 25.4 Å². The molecule has 0 atom stereocenters. The lowest BCUT2D eigenvalue weighted by molar-refractivity contribution is -0.0431. The first-order valence-electron chi connectivity index (χ1n) is 6.88. The Morgan fingerprint density at radius 1 is 1.05 bits per heavy atom. The number of hydrogen-bond acceptors (Lipinski definition) is 5. The Kier molecular flexibility index (Phi) is 3.76. The third-order valence-electron chi connectivity index (χ3n) is 3.13. The van der Waals surface area contributed by atoms with E-state index in [2.05, 4.69) is 11.6 Å². The zero-order valence-corrected chi connectivity index (χ0v) is 13.3. The van der Waals surface area contributed by atoms with Crippen molar-refractivity contribution in [2.45, 2.75) is 31.9 Å². The predicted octanol–water partition coefficient (Wildman–Crippen LogP) is 4.26. The molecule has 0 fully saturated rings. The second-order valence-corrected chi connectivity index (χ2v) is 6.29.